The molecular weight excluding hydrogens is 416 g/mol. The molecular formula is C21H26N6O3S. The second-order valence-corrected chi connectivity index (χ2v) is 9.64. The van der Waals surface area contributed by atoms with Crippen molar-refractivity contribution in [2.24, 2.45) is 0 Å². The number of unbranched alkanes of at least 4 members (excludes halogenated alkanes) is 1. The molecule has 0 spiro atoms. The zero-order valence-electron chi connectivity index (χ0n) is 17.5. The van der Waals surface area contributed by atoms with Gasteiger partial charge >= 0.3 is 0 Å². The number of amides is 1. The number of sulfonamides is 1. The van der Waals surface area contributed by atoms with Crippen molar-refractivity contribution in [1.29, 1.82) is 0 Å². The normalized spacial score (nSPS) is 11.6. The van der Waals surface area contributed by atoms with Crippen LogP contribution in [0.15, 0.2) is 54.6 Å². The van der Waals surface area contributed by atoms with E-state index in [1.54, 1.807) is 30.7 Å². The van der Waals surface area contributed by atoms with E-state index in [4.69, 9.17) is 0 Å². The van der Waals surface area contributed by atoms with Crippen molar-refractivity contribution < 1.29 is 13.2 Å². The van der Waals surface area contributed by atoms with Gasteiger partial charge in [0, 0.05) is 24.2 Å². The first-order valence-electron chi connectivity index (χ1n) is 10.1. The molecule has 0 atom stereocenters. The van der Waals surface area contributed by atoms with Crippen LogP contribution < -0.4 is 10.0 Å². The number of carbonyl (C=O) groups excluding carboxylic acids is 1. The summed E-state index contributed by atoms with van der Waals surface area (Å²) in [4.78, 5) is 12.1. The molecule has 3 aromatic rings. The fraction of sp³-hybridized carbons (Fsp3) is 0.333. The highest BCUT2D eigenvalue weighted by atomic mass is 32.2. The minimum Gasteiger partial charge on any atom is -0.326 e. The summed E-state index contributed by atoms with van der Waals surface area (Å²) < 4.78 is 27.6. The van der Waals surface area contributed by atoms with Crippen molar-refractivity contribution >= 4 is 21.6 Å². The SMILES string of the molecule is CC(C)S(=O)(=O)NCCCCC(=O)Nc1ccc(-c2nnnn2-c2ccccc2)cc1. The second-order valence-electron chi connectivity index (χ2n) is 7.32. The van der Waals surface area contributed by atoms with E-state index < -0.39 is 15.3 Å². The molecule has 10 heteroatoms. The van der Waals surface area contributed by atoms with E-state index in [0.29, 0.717) is 37.3 Å². The molecule has 0 aliphatic carbocycles. The van der Waals surface area contributed by atoms with Crippen LogP contribution in [0.1, 0.15) is 33.1 Å². The molecule has 0 saturated carbocycles. The number of nitrogens with zero attached hydrogens (tertiary/aromatic N) is 4. The molecule has 2 aromatic carbocycles. The van der Waals surface area contributed by atoms with Gasteiger partial charge in [-0.3, -0.25) is 4.79 Å². The summed E-state index contributed by atoms with van der Waals surface area (Å²) in [7, 11) is -3.26. The lowest BCUT2D eigenvalue weighted by molar-refractivity contribution is -0.116. The molecule has 0 aliphatic heterocycles. The number of nitrogens with one attached hydrogen (secondary N) is 2. The van der Waals surface area contributed by atoms with Crippen LogP contribution in [0.3, 0.4) is 0 Å². The van der Waals surface area contributed by atoms with Crippen LogP contribution >= 0.6 is 0 Å². The van der Waals surface area contributed by atoms with Crippen molar-refractivity contribution in [3.8, 4) is 17.1 Å². The van der Waals surface area contributed by atoms with E-state index in [2.05, 4.69) is 25.6 Å². The van der Waals surface area contributed by atoms with Crippen LogP contribution in [0.2, 0.25) is 0 Å². The van der Waals surface area contributed by atoms with Crippen molar-refractivity contribution in [3.63, 3.8) is 0 Å². The highest BCUT2D eigenvalue weighted by Crippen LogP contribution is 2.21. The molecule has 9 nitrogen and oxygen atoms in total. The molecule has 1 aromatic heterocycles. The van der Waals surface area contributed by atoms with Crippen molar-refractivity contribution in [3.05, 3.63) is 54.6 Å². The number of benzene rings is 2. The Morgan fingerprint density at radius 1 is 1.03 bits per heavy atom. The van der Waals surface area contributed by atoms with Gasteiger partial charge in [-0.2, -0.15) is 4.68 Å². The Hall–Kier alpha value is -3.11. The molecule has 164 valence electrons. The number of aromatic nitrogens is 4. The maximum Gasteiger partial charge on any atom is 0.224 e. The smallest absolute Gasteiger partial charge is 0.224 e. The van der Waals surface area contributed by atoms with Gasteiger partial charge in [0.25, 0.3) is 0 Å². The molecule has 0 fully saturated rings. The predicted molar refractivity (Wildman–Crippen MR) is 119 cm³/mol. The van der Waals surface area contributed by atoms with E-state index in [1.165, 1.54) is 0 Å². The number of anilines is 1. The quantitative estimate of drug-likeness (QED) is 0.466. The van der Waals surface area contributed by atoms with Gasteiger partial charge in [-0.05, 0) is 73.5 Å². The van der Waals surface area contributed by atoms with Gasteiger partial charge in [0.1, 0.15) is 0 Å². The van der Waals surface area contributed by atoms with Gasteiger partial charge in [-0.25, -0.2) is 13.1 Å². The Balaban J connectivity index is 1.50. The molecule has 0 radical (unpaired) electrons. The van der Waals surface area contributed by atoms with Gasteiger partial charge in [0.15, 0.2) is 5.82 Å². The minimum atomic E-state index is -3.26. The summed E-state index contributed by atoms with van der Waals surface area (Å²) in [5.41, 5.74) is 2.35. The van der Waals surface area contributed by atoms with Crippen LogP contribution in [0.25, 0.3) is 17.1 Å². The highest BCUT2D eigenvalue weighted by Gasteiger charge is 2.14. The van der Waals surface area contributed by atoms with Crippen molar-refractivity contribution in [2.75, 3.05) is 11.9 Å². The minimum absolute atomic E-state index is 0.117. The number of carbonyl (C=O) groups is 1. The van der Waals surface area contributed by atoms with Crippen molar-refractivity contribution in [2.45, 2.75) is 38.4 Å². The summed E-state index contributed by atoms with van der Waals surface area (Å²) in [5.74, 6) is 0.488. The summed E-state index contributed by atoms with van der Waals surface area (Å²) in [6, 6.07) is 16.9. The largest absolute Gasteiger partial charge is 0.326 e. The molecule has 0 saturated heterocycles. The van der Waals surface area contributed by atoms with Crippen LogP contribution in [-0.4, -0.2) is 46.3 Å². The van der Waals surface area contributed by atoms with Gasteiger partial charge in [0.2, 0.25) is 15.9 Å². The molecule has 1 heterocycles. The Morgan fingerprint density at radius 3 is 2.42 bits per heavy atom. The molecule has 0 aliphatic rings. The molecule has 0 bridgehead atoms. The summed E-state index contributed by atoms with van der Waals surface area (Å²) in [6.07, 6.45) is 1.51. The fourth-order valence-corrected chi connectivity index (χ4v) is 3.59. The number of rotatable bonds is 10. The topological polar surface area (TPSA) is 119 Å². The average Bonchev–Trinajstić information content (AvgIpc) is 3.24. The number of tetrazole rings is 1. The Morgan fingerprint density at radius 2 is 1.74 bits per heavy atom. The Bertz CT molecular complexity index is 1100. The molecule has 31 heavy (non-hydrogen) atoms. The van der Waals surface area contributed by atoms with Crippen molar-refractivity contribution in [1.82, 2.24) is 24.9 Å². The summed E-state index contributed by atoms with van der Waals surface area (Å²) in [5, 5.41) is 14.3. The van der Waals surface area contributed by atoms with Crippen LogP contribution in [0.5, 0.6) is 0 Å². The van der Waals surface area contributed by atoms with E-state index in [-0.39, 0.29) is 5.91 Å². The molecule has 2 N–H and O–H groups in total. The van der Waals surface area contributed by atoms with Crippen LogP contribution in [0, 0.1) is 0 Å². The van der Waals surface area contributed by atoms with Gasteiger partial charge < -0.3 is 5.32 Å². The van der Waals surface area contributed by atoms with E-state index in [9.17, 15) is 13.2 Å². The van der Waals surface area contributed by atoms with E-state index in [1.807, 2.05) is 42.5 Å². The van der Waals surface area contributed by atoms with Crippen LogP contribution in [-0.2, 0) is 14.8 Å². The molecule has 0 unspecified atom stereocenters. The fourth-order valence-electron chi connectivity index (χ4n) is 2.83. The third-order valence-corrected chi connectivity index (χ3v) is 6.50. The number of hydrogen-bond donors (Lipinski definition) is 2. The second kappa shape index (κ2) is 10.3. The first-order valence-corrected chi connectivity index (χ1v) is 11.6. The monoisotopic (exact) mass is 442 g/mol. The first-order chi connectivity index (χ1) is 14.9. The zero-order valence-corrected chi connectivity index (χ0v) is 18.3. The number of hydrogen-bond acceptors (Lipinski definition) is 6. The zero-order chi connectivity index (χ0) is 22.3. The number of para-hydroxylation sites is 1. The summed E-state index contributed by atoms with van der Waals surface area (Å²) >= 11 is 0. The van der Waals surface area contributed by atoms with Gasteiger partial charge in [0.05, 0.1) is 10.9 Å². The lowest BCUT2D eigenvalue weighted by Crippen LogP contribution is -2.31. The average molecular weight is 443 g/mol. The van der Waals surface area contributed by atoms with Gasteiger partial charge in [-0.1, -0.05) is 18.2 Å². The predicted octanol–water partition coefficient (Wildman–Crippen LogP) is 2.77. The third-order valence-electron chi connectivity index (χ3n) is 4.65. The summed E-state index contributed by atoms with van der Waals surface area (Å²) in [6.45, 7) is 3.59. The van der Waals surface area contributed by atoms with Gasteiger partial charge in [-0.15, -0.1) is 5.10 Å². The maximum absolute atomic E-state index is 12.1. The van der Waals surface area contributed by atoms with Crippen LogP contribution in [0.4, 0.5) is 5.69 Å². The Kier molecular flexibility index (Phi) is 7.48. The molecule has 1 amide bonds. The Labute approximate surface area is 181 Å². The standard InChI is InChI=1S/C21H26N6O3S/c1-16(2)31(29,30)22-15-7-6-10-20(28)23-18-13-11-17(12-14-18)21-24-25-26-27(21)19-8-4-3-5-9-19/h3-5,8-9,11-14,16,22H,6-7,10,15H2,1-2H3,(H,23,28). The third kappa shape index (κ3) is 6.19. The van der Waals surface area contributed by atoms with E-state index >= 15 is 0 Å². The lowest BCUT2D eigenvalue weighted by Gasteiger charge is -2.09. The maximum atomic E-state index is 12.1. The van der Waals surface area contributed by atoms with E-state index in [0.717, 1.165) is 11.3 Å². The lowest BCUT2D eigenvalue weighted by atomic mass is 10.1. The molecule has 3 rings (SSSR count). The highest BCUT2D eigenvalue weighted by molar-refractivity contribution is 7.90. The first kappa shape index (κ1) is 22.6.